The molecule has 10 nitrogen and oxygen atoms in total. The number of hydrogen-bond donors (Lipinski definition) is 3. The maximum absolute atomic E-state index is 15.4. The molecule has 0 radical (unpaired) electrons. The van der Waals surface area contributed by atoms with E-state index in [9.17, 15) is 9.18 Å². The number of anilines is 2. The first-order valence-corrected chi connectivity index (χ1v) is 14.4. The van der Waals surface area contributed by atoms with Gasteiger partial charge in [0.25, 0.3) is 5.79 Å². The minimum Gasteiger partial charge on any atom is -0.444 e. The van der Waals surface area contributed by atoms with Gasteiger partial charge in [-0.2, -0.15) is 5.21 Å². The fourth-order valence-corrected chi connectivity index (χ4v) is 5.27. The van der Waals surface area contributed by atoms with Crippen LogP contribution in [0.4, 0.5) is 24.5 Å². The molecular weight excluding hydrogens is 625 g/mol. The van der Waals surface area contributed by atoms with Crippen LogP contribution in [0.2, 0.25) is 5.02 Å². The van der Waals surface area contributed by atoms with E-state index < -0.39 is 41.1 Å². The first-order valence-electron chi connectivity index (χ1n) is 14.0. The number of aromatic amines is 1. The number of nitrogens with one attached hydrogen (secondary N) is 3. The van der Waals surface area contributed by atoms with Gasteiger partial charge in [0.2, 0.25) is 11.7 Å². The molecule has 2 heterocycles. The standard InChI is InChI=1S/C32H26ClF3N6O4/c1-32(22-8-7-19(33)15-25(22)36)45-28-5-3-4-20(30(28)46-32)18-12-23(34)21(24(35)13-18)16-29(43)38-26-9-6-17(31-39-41-42-40-31)14-27(26)37-10-11-44-2/h3-9,12-15,37H,10-11,16H2,1-2H3,(H,38,43)(H,39,40,41,42). The number of nitrogens with zero attached hydrogens (tertiary/aromatic N) is 3. The summed E-state index contributed by atoms with van der Waals surface area (Å²) in [4.78, 5) is 13.0. The number of methoxy groups -OCH3 is 1. The number of H-pyrrole nitrogens is 1. The Balaban J connectivity index is 1.22. The summed E-state index contributed by atoms with van der Waals surface area (Å²) in [5.74, 6) is -3.91. The third kappa shape index (κ3) is 6.19. The zero-order chi connectivity index (χ0) is 32.4. The van der Waals surface area contributed by atoms with Crippen molar-refractivity contribution in [2.75, 3.05) is 30.9 Å². The van der Waals surface area contributed by atoms with Gasteiger partial charge in [-0.05, 0) is 65.4 Å². The molecular formula is C32H26ClF3N6O4. The molecule has 1 atom stereocenters. The summed E-state index contributed by atoms with van der Waals surface area (Å²) in [5, 5.41) is 19.9. The molecule has 1 aromatic heterocycles. The number of para-hydroxylation sites is 1. The molecule has 0 saturated heterocycles. The minimum absolute atomic E-state index is 0.0966. The highest BCUT2D eigenvalue weighted by Crippen LogP contribution is 2.50. The number of tetrazole rings is 1. The van der Waals surface area contributed by atoms with Crippen molar-refractivity contribution >= 4 is 28.9 Å². The second kappa shape index (κ2) is 12.7. The van der Waals surface area contributed by atoms with Crippen molar-refractivity contribution in [3.05, 3.63) is 100 Å². The van der Waals surface area contributed by atoms with E-state index in [4.69, 9.17) is 25.8 Å². The van der Waals surface area contributed by atoms with E-state index in [1.165, 1.54) is 19.1 Å². The quantitative estimate of drug-likeness (QED) is 0.147. The largest absolute Gasteiger partial charge is 0.444 e. The average molecular weight is 651 g/mol. The molecule has 0 bridgehead atoms. The lowest BCUT2D eigenvalue weighted by Crippen LogP contribution is -2.32. The fourth-order valence-electron chi connectivity index (χ4n) is 5.11. The van der Waals surface area contributed by atoms with Crippen molar-refractivity contribution in [3.8, 4) is 34.0 Å². The number of benzene rings is 4. The van der Waals surface area contributed by atoms with Crippen LogP contribution >= 0.6 is 11.6 Å². The predicted octanol–water partition coefficient (Wildman–Crippen LogP) is 6.49. The molecule has 0 fully saturated rings. The maximum Gasteiger partial charge on any atom is 0.278 e. The van der Waals surface area contributed by atoms with Gasteiger partial charge in [0.15, 0.2) is 11.5 Å². The molecule has 1 amide bonds. The number of carbonyl (C=O) groups is 1. The molecule has 0 spiro atoms. The van der Waals surface area contributed by atoms with Gasteiger partial charge >= 0.3 is 0 Å². The molecule has 6 rings (SSSR count). The zero-order valence-electron chi connectivity index (χ0n) is 24.5. The lowest BCUT2D eigenvalue weighted by molar-refractivity contribution is -0.115. The number of hydrogen-bond acceptors (Lipinski definition) is 8. The molecule has 236 valence electrons. The van der Waals surface area contributed by atoms with Crippen LogP contribution in [0.5, 0.6) is 11.5 Å². The molecule has 46 heavy (non-hydrogen) atoms. The number of carbonyl (C=O) groups excluding carboxylic acids is 1. The van der Waals surface area contributed by atoms with Gasteiger partial charge in [-0.15, -0.1) is 10.2 Å². The van der Waals surface area contributed by atoms with Gasteiger partial charge in [-0.3, -0.25) is 4.79 Å². The number of amides is 1. The van der Waals surface area contributed by atoms with E-state index in [0.29, 0.717) is 41.5 Å². The van der Waals surface area contributed by atoms with Gasteiger partial charge in [0, 0.05) is 42.3 Å². The van der Waals surface area contributed by atoms with E-state index in [-0.39, 0.29) is 27.6 Å². The van der Waals surface area contributed by atoms with Gasteiger partial charge in [-0.1, -0.05) is 23.7 Å². The second-order valence-electron chi connectivity index (χ2n) is 10.5. The predicted molar refractivity (Wildman–Crippen MR) is 164 cm³/mol. The highest BCUT2D eigenvalue weighted by molar-refractivity contribution is 6.30. The summed E-state index contributed by atoms with van der Waals surface area (Å²) in [5.41, 5.74) is 1.66. The van der Waals surface area contributed by atoms with Gasteiger partial charge in [0.1, 0.15) is 17.5 Å². The number of aromatic nitrogens is 4. The first kappa shape index (κ1) is 30.9. The van der Waals surface area contributed by atoms with Crippen molar-refractivity contribution in [1.82, 2.24) is 20.6 Å². The van der Waals surface area contributed by atoms with Crippen molar-refractivity contribution in [2.24, 2.45) is 0 Å². The summed E-state index contributed by atoms with van der Waals surface area (Å²) in [6.07, 6.45) is -0.581. The third-order valence-electron chi connectivity index (χ3n) is 7.31. The highest BCUT2D eigenvalue weighted by atomic mass is 35.5. The van der Waals surface area contributed by atoms with Crippen LogP contribution in [0.15, 0.2) is 66.7 Å². The van der Waals surface area contributed by atoms with Crippen LogP contribution in [-0.4, -0.2) is 46.8 Å². The Morgan fingerprint density at radius 3 is 2.50 bits per heavy atom. The molecule has 14 heteroatoms. The molecule has 0 aliphatic carbocycles. The normalized spacial score (nSPS) is 15.2. The Labute approximate surface area is 265 Å². The van der Waals surface area contributed by atoms with Crippen molar-refractivity contribution in [1.29, 1.82) is 0 Å². The average Bonchev–Trinajstić information content (AvgIpc) is 3.68. The summed E-state index contributed by atoms with van der Waals surface area (Å²) >= 11 is 5.90. The Kier molecular flexibility index (Phi) is 8.52. The zero-order valence-corrected chi connectivity index (χ0v) is 25.2. The van der Waals surface area contributed by atoms with Crippen LogP contribution in [0.1, 0.15) is 18.1 Å². The van der Waals surface area contributed by atoms with Crippen molar-refractivity contribution in [2.45, 2.75) is 19.1 Å². The SMILES string of the molecule is COCCNc1cc(-c2nn[nH]n2)ccc1NC(=O)Cc1c(F)cc(-c2cccc3c2OC(C)(c2ccc(Cl)cc2F)O3)cc1F. The number of fused-ring (bicyclic) bond motifs is 1. The maximum atomic E-state index is 15.4. The Hall–Kier alpha value is -5.14. The molecule has 1 aliphatic heterocycles. The molecule has 3 N–H and O–H groups in total. The fraction of sp³-hybridized carbons (Fsp3) is 0.188. The Morgan fingerprint density at radius 2 is 1.78 bits per heavy atom. The highest BCUT2D eigenvalue weighted by Gasteiger charge is 2.42. The van der Waals surface area contributed by atoms with E-state index in [2.05, 4.69) is 31.3 Å². The summed E-state index contributed by atoms with van der Waals surface area (Å²) in [7, 11) is 1.56. The summed E-state index contributed by atoms with van der Waals surface area (Å²) in [6, 6.07) is 16.2. The van der Waals surface area contributed by atoms with Gasteiger partial charge < -0.3 is 24.8 Å². The molecule has 5 aromatic rings. The summed E-state index contributed by atoms with van der Waals surface area (Å²) in [6.45, 7) is 2.34. The molecule has 4 aromatic carbocycles. The van der Waals surface area contributed by atoms with Crippen LogP contribution in [-0.2, 0) is 21.7 Å². The lowest BCUT2D eigenvalue weighted by atomic mass is 10.00. The smallest absolute Gasteiger partial charge is 0.278 e. The van der Waals surface area contributed by atoms with E-state index in [0.717, 1.165) is 18.2 Å². The Bertz CT molecular complexity index is 1900. The number of rotatable bonds is 10. The van der Waals surface area contributed by atoms with Crippen LogP contribution in [0, 0.1) is 17.5 Å². The molecule has 1 unspecified atom stereocenters. The monoisotopic (exact) mass is 650 g/mol. The van der Waals surface area contributed by atoms with Crippen LogP contribution in [0.25, 0.3) is 22.5 Å². The number of ether oxygens (including phenoxy) is 3. The first-order chi connectivity index (χ1) is 22.1. The van der Waals surface area contributed by atoms with E-state index >= 15 is 8.78 Å². The van der Waals surface area contributed by atoms with Crippen molar-refractivity contribution < 1.29 is 32.2 Å². The Morgan fingerprint density at radius 1 is 0.978 bits per heavy atom. The lowest BCUT2D eigenvalue weighted by Gasteiger charge is -2.24. The molecule has 1 aliphatic rings. The van der Waals surface area contributed by atoms with Gasteiger partial charge in [-0.25, -0.2) is 13.2 Å². The van der Waals surface area contributed by atoms with Gasteiger partial charge in [0.05, 0.1) is 30.0 Å². The third-order valence-corrected chi connectivity index (χ3v) is 7.54. The number of halogens is 4. The molecule has 0 saturated carbocycles. The second-order valence-corrected chi connectivity index (χ2v) is 10.9. The minimum atomic E-state index is -1.55. The van der Waals surface area contributed by atoms with Crippen molar-refractivity contribution in [3.63, 3.8) is 0 Å². The topological polar surface area (TPSA) is 123 Å². The van der Waals surface area contributed by atoms with E-state index in [1.807, 2.05) is 0 Å². The van der Waals surface area contributed by atoms with E-state index in [1.54, 1.807) is 43.5 Å². The van der Waals surface area contributed by atoms with Crippen LogP contribution in [0.3, 0.4) is 0 Å². The van der Waals surface area contributed by atoms with Crippen LogP contribution < -0.4 is 20.1 Å². The summed E-state index contributed by atoms with van der Waals surface area (Å²) < 4.78 is 62.8.